The zero-order chi connectivity index (χ0) is 14.0. The van der Waals surface area contributed by atoms with Crippen molar-refractivity contribution in [2.45, 2.75) is 50.3 Å². The van der Waals surface area contributed by atoms with Gasteiger partial charge in [0.1, 0.15) is 0 Å². The molecule has 1 aliphatic carbocycles. The predicted octanol–water partition coefficient (Wildman–Crippen LogP) is 1.36. The molecule has 19 heavy (non-hydrogen) atoms. The van der Waals surface area contributed by atoms with Crippen LogP contribution in [0.3, 0.4) is 0 Å². The molecule has 7 heteroatoms. The lowest BCUT2D eigenvalue weighted by molar-refractivity contribution is -0.00475. The molecule has 2 rings (SSSR count). The van der Waals surface area contributed by atoms with E-state index in [9.17, 15) is 8.42 Å². The van der Waals surface area contributed by atoms with Gasteiger partial charge in [-0.25, -0.2) is 13.1 Å². The van der Waals surface area contributed by atoms with Crippen LogP contribution in [0, 0.1) is 6.92 Å². The van der Waals surface area contributed by atoms with Gasteiger partial charge in [0.2, 0.25) is 10.0 Å². The Balaban J connectivity index is 2.01. The first-order valence-electron chi connectivity index (χ1n) is 6.39. The summed E-state index contributed by atoms with van der Waals surface area (Å²) in [5, 5.41) is 0. The van der Waals surface area contributed by atoms with Crippen molar-refractivity contribution in [1.29, 1.82) is 0 Å². The number of nitrogens with two attached hydrogens (primary N) is 1. The molecule has 0 aromatic carbocycles. The van der Waals surface area contributed by atoms with Crippen molar-refractivity contribution in [1.82, 2.24) is 4.72 Å². The van der Waals surface area contributed by atoms with Crippen molar-refractivity contribution >= 4 is 21.4 Å². The van der Waals surface area contributed by atoms with Gasteiger partial charge in [0.25, 0.3) is 0 Å². The smallest absolute Gasteiger partial charge is 0.241 e. The van der Waals surface area contributed by atoms with Crippen LogP contribution in [0.5, 0.6) is 0 Å². The van der Waals surface area contributed by atoms with E-state index in [4.69, 9.17) is 10.5 Å². The second kappa shape index (κ2) is 5.88. The molecule has 3 N–H and O–H groups in total. The maximum absolute atomic E-state index is 12.3. The Bertz CT molecular complexity index is 533. The summed E-state index contributed by atoms with van der Waals surface area (Å²) in [5.41, 5.74) is 5.54. The summed E-state index contributed by atoms with van der Waals surface area (Å²) in [7, 11) is -3.43. The van der Waals surface area contributed by atoms with Crippen LogP contribution in [0.2, 0.25) is 0 Å². The van der Waals surface area contributed by atoms with Gasteiger partial charge in [-0.3, -0.25) is 0 Å². The highest BCUT2D eigenvalue weighted by Gasteiger charge is 2.33. The summed E-state index contributed by atoms with van der Waals surface area (Å²) < 4.78 is 32.7. The highest BCUT2D eigenvalue weighted by atomic mass is 32.2. The molecule has 0 radical (unpaired) electrons. The predicted molar refractivity (Wildman–Crippen MR) is 75.7 cm³/mol. The molecule has 0 unspecified atom stereocenters. The lowest BCUT2D eigenvalue weighted by atomic mass is 9.90. The fraction of sp³-hybridized carbons (Fsp3) is 0.667. The number of hydrogen-bond acceptors (Lipinski definition) is 5. The van der Waals surface area contributed by atoms with Gasteiger partial charge >= 0.3 is 0 Å². The topological polar surface area (TPSA) is 81.4 Å². The van der Waals surface area contributed by atoms with Crippen molar-refractivity contribution in [2.75, 3.05) is 6.61 Å². The van der Waals surface area contributed by atoms with Gasteiger partial charge in [-0.05, 0) is 32.8 Å². The maximum Gasteiger partial charge on any atom is 0.241 e. The molecular weight excluding hydrogens is 284 g/mol. The van der Waals surface area contributed by atoms with E-state index in [1.54, 1.807) is 6.07 Å². The highest BCUT2D eigenvalue weighted by molar-refractivity contribution is 7.89. The number of sulfonamides is 1. The monoisotopic (exact) mass is 304 g/mol. The van der Waals surface area contributed by atoms with Crippen molar-refractivity contribution < 1.29 is 13.2 Å². The van der Waals surface area contributed by atoms with Crippen molar-refractivity contribution in [3.05, 3.63) is 15.8 Å². The van der Waals surface area contributed by atoms with E-state index in [0.717, 1.165) is 22.6 Å². The largest absolute Gasteiger partial charge is 0.378 e. The molecule has 1 fully saturated rings. The average Bonchev–Trinajstić information content (AvgIpc) is 2.68. The quantitative estimate of drug-likeness (QED) is 0.831. The number of ether oxygens (including phenoxy) is 1. The third-order valence-electron chi connectivity index (χ3n) is 3.23. The van der Waals surface area contributed by atoms with Gasteiger partial charge in [-0.15, -0.1) is 11.3 Å². The van der Waals surface area contributed by atoms with E-state index < -0.39 is 10.0 Å². The standard InChI is InChI=1S/C12H20N2O3S2/c1-3-17-10-4-9(5-10)14-19(15,16)12-6-11(7-13)18-8(12)2/h6,9-10,14H,3-5,7,13H2,1-2H3. The normalized spacial score (nSPS) is 23.3. The first-order chi connectivity index (χ1) is 8.96. The molecule has 0 atom stereocenters. The zero-order valence-electron chi connectivity index (χ0n) is 11.2. The lowest BCUT2D eigenvalue weighted by Crippen LogP contribution is -2.47. The SMILES string of the molecule is CCOC1CC(NS(=O)(=O)c2cc(CN)sc2C)C1. The Morgan fingerprint density at radius 3 is 2.74 bits per heavy atom. The number of aryl methyl sites for hydroxylation is 1. The van der Waals surface area contributed by atoms with Crippen LogP contribution >= 0.6 is 11.3 Å². The van der Waals surface area contributed by atoms with Gasteiger partial charge in [0.15, 0.2) is 0 Å². The number of thiophene rings is 1. The van der Waals surface area contributed by atoms with Crippen LogP contribution in [0.4, 0.5) is 0 Å². The fourth-order valence-corrected chi connectivity index (χ4v) is 4.98. The average molecular weight is 304 g/mol. The van der Waals surface area contributed by atoms with Gasteiger partial charge in [0.05, 0.1) is 11.0 Å². The Kier molecular flexibility index (Phi) is 4.62. The third-order valence-corrected chi connectivity index (χ3v) is 6.08. The molecule has 0 bridgehead atoms. The molecule has 1 saturated carbocycles. The molecule has 0 spiro atoms. The Morgan fingerprint density at radius 1 is 1.53 bits per heavy atom. The van der Waals surface area contributed by atoms with Gasteiger partial charge in [-0.1, -0.05) is 0 Å². The first kappa shape index (κ1) is 14.9. The van der Waals surface area contributed by atoms with Gasteiger partial charge in [0, 0.05) is 28.9 Å². The molecule has 0 amide bonds. The second-order valence-corrected chi connectivity index (χ2v) is 7.73. The minimum absolute atomic E-state index is 0.0119. The molecule has 1 aromatic heterocycles. The van der Waals surface area contributed by atoms with E-state index >= 15 is 0 Å². The summed E-state index contributed by atoms with van der Waals surface area (Å²) >= 11 is 1.43. The van der Waals surface area contributed by atoms with Gasteiger partial charge < -0.3 is 10.5 Å². The number of nitrogens with one attached hydrogen (secondary N) is 1. The van der Waals surface area contributed by atoms with E-state index in [1.165, 1.54) is 11.3 Å². The Hall–Kier alpha value is -0.470. The number of rotatable bonds is 6. The van der Waals surface area contributed by atoms with Crippen LogP contribution in [0.25, 0.3) is 0 Å². The van der Waals surface area contributed by atoms with Crippen LogP contribution in [0.15, 0.2) is 11.0 Å². The van der Waals surface area contributed by atoms with Crippen molar-refractivity contribution in [2.24, 2.45) is 5.73 Å². The van der Waals surface area contributed by atoms with Crippen LogP contribution in [-0.2, 0) is 21.3 Å². The molecular formula is C12H20N2O3S2. The molecule has 0 saturated heterocycles. The molecule has 1 heterocycles. The van der Waals surface area contributed by atoms with Crippen LogP contribution in [-0.4, -0.2) is 27.2 Å². The summed E-state index contributed by atoms with van der Waals surface area (Å²) in [5.74, 6) is 0. The van der Waals surface area contributed by atoms with Crippen LogP contribution < -0.4 is 10.5 Å². The number of hydrogen-bond donors (Lipinski definition) is 2. The van der Waals surface area contributed by atoms with Crippen molar-refractivity contribution in [3.8, 4) is 0 Å². The van der Waals surface area contributed by atoms with E-state index in [0.29, 0.717) is 18.0 Å². The lowest BCUT2D eigenvalue weighted by Gasteiger charge is -2.35. The minimum Gasteiger partial charge on any atom is -0.378 e. The molecule has 108 valence electrons. The zero-order valence-corrected chi connectivity index (χ0v) is 12.8. The third kappa shape index (κ3) is 3.35. The first-order valence-corrected chi connectivity index (χ1v) is 8.69. The summed E-state index contributed by atoms with van der Waals surface area (Å²) in [6.07, 6.45) is 1.70. The van der Waals surface area contributed by atoms with Crippen molar-refractivity contribution in [3.63, 3.8) is 0 Å². The fourth-order valence-electron chi connectivity index (χ4n) is 2.21. The summed E-state index contributed by atoms with van der Waals surface area (Å²) in [6.45, 7) is 4.80. The highest BCUT2D eigenvalue weighted by Crippen LogP contribution is 2.28. The van der Waals surface area contributed by atoms with Gasteiger partial charge in [-0.2, -0.15) is 0 Å². The van der Waals surface area contributed by atoms with E-state index in [1.807, 2.05) is 13.8 Å². The molecule has 1 aromatic rings. The summed E-state index contributed by atoms with van der Waals surface area (Å²) in [6, 6.07) is 1.66. The van der Waals surface area contributed by atoms with E-state index in [2.05, 4.69) is 4.72 Å². The molecule has 0 aliphatic heterocycles. The Morgan fingerprint density at radius 2 is 2.21 bits per heavy atom. The summed E-state index contributed by atoms with van der Waals surface area (Å²) in [4.78, 5) is 2.03. The van der Waals surface area contributed by atoms with Crippen LogP contribution in [0.1, 0.15) is 29.5 Å². The molecule has 5 nitrogen and oxygen atoms in total. The minimum atomic E-state index is -3.43. The molecule has 1 aliphatic rings. The Labute approximate surface area is 118 Å². The second-order valence-electron chi connectivity index (χ2n) is 4.70. The maximum atomic E-state index is 12.3. The van der Waals surface area contributed by atoms with E-state index in [-0.39, 0.29) is 12.1 Å².